The van der Waals surface area contributed by atoms with Crippen LogP contribution in [0.1, 0.15) is 47.0 Å². The van der Waals surface area contributed by atoms with Crippen LogP contribution >= 0.6 is 0 Å². The van der Waals surface area contributed by atoms with E-state index in [1.54, 1.807) is 0 Å². The van der Waals surface area contributed by atoms with E-state index in [2.05, 4.69) is 33.0 Å². The van der Waals surface area contributed by atoms with Crippen molar-refractivity contribution in [2.45, 2.75) is 59.2 Å². The minimum absolute atomic E-state index is 0.214. The number of hydrogen-bond acceptors (Lipinski definition) is 2. The van der Waals surface area contributed by atoms with Crippen LogP contribution in [0.4, 0.5) is 0 Å². The van der Waals surface area contributed by atoms with Crippen molar-refractivity contribution in [2.75, 3.05) is 6.54 Å². The van der Waals surface area contributed by atoms with Gasteiger partial charge in [0.05, 0.1) is 12.7 Å². The second-order valence-corrected chi connectivity index (χ2v) is 5.03. The Morgan fingerprint density at radius 2 is 2.07 bits per heavy atom. The van der Waals surface area contributed by atoms with E-state index in [4.69, 9.17) is 0 Å². The minimum atomic E-state index is 0.214. The van der Waals surface area contributed by atoms with Gasteiger partial charge in [0.25, 0.3) is 0 Å². The van der Waals surface area contributed by atoms with Crippen LogP contribution in [0.15, 0.2) is 0 Å². The van der Waals surface area contributed by atoms with Crippen molar-refractivity contribution >= 4 is 5.91 Å². The second-order valence-electron chi connectivity index (χ2n) is 5.03. The van der Waals surface area contributed by atoms with Crippen molar-refractivity contribution in [1.82, 2.24) is 10.2 Å². The Morgan fingerprint density at radius 3 is 2.53 bits per heavy atom. The SMILES string of the molecule is CC(C)CCCC(C)N1C(=O)CNC1C. The minimum Gasteiger partial charge on any atom is -0.324 e. The summed E-state index contributed by atoms with van der Waals surface area (Å²) in [6.45, 7) is 9.22. The van der Waals surface area contributed by atoms with E-state index in [0.717, 1.165) is 12.3 Å². The summed E-state index contributed by atoms with van der Waals surface area (Å²) in [7, 11) is 0. The summed E-state index contributed by atoms with van der Waals surface area (Å²) in [6, 6.07) is 0.376. The standard InChI is InChI=1S/C12H24N2O/c1-9(2)6-5-7-10(3)14-11(4)13-8-12(14)15/h9-11,13H,5-8H2,1-4H3. The molecule has 1 aliphatic rings. The summed E-state index contributed by atoms with van der Waals surface area (Å²) in [5.74, 6) is 1.02. The molecular weight excluding hydrogens is 188 g/mol. The molecular formula is C12H24N2O. The Labute approximate surface area is 93.2 Å². The first-order valence-electron chi connectivity index (χ1n) is 6.07. The molecule has 15 heavy (non-hydrogen) atoms. The first-order chi connectivity index (χ1) is 7.02. The first-order valence-corrected chi connectivity index (χ1v) is 6.07. The number of nitrogens with zero attached hydrogens (tertiary/aromatic N) is 1. The van der Waals surface area contributed by atoms with Crippen LogP contribution in [-0.2, 0) is 4.79 Å². The van der Waals surface area contributed by atoms with Gasteiger partial charge in [-0.05, 0) is 26.2 Å². The molecule has 1 amide bonds. The lowest BCUT2D eigenvalue weighted by Crippen LogP contribution is -2.41. The van der Waals surface area contributed by atoms with Crippen LogP contribution < -0.4 is 5.32 Å². The number of carbonyl (C=O) groups excluding carboxylic acids is 1. The van der Waals surface area contributed by atoms with Gasteiger partial charge in [-0.1, -0.05) is 26.7 Å². The molecule has 0 bridgehead atoms. The molecule has 0 aliphatic carbocycles. The van der Waals surface area contributed by atoms with E-state index in [0.29, 0.717) is 12.6 Å². The molecule has 3 nitrogen and oxygen atoms in total. The highest BCUT2D eigenvalue weighted by Gasteiger charge is 2.30. The zero-order valence-electron chi connectivity index (χ0n) is 10.4. The van der Waals surface area contributed by atoms with E-state index in [1.807, 2.05) is 4.90 Å². The zero-order valence-corrected chi connectivity index (χ0v) is 10.4. The number of carbonyl (C=O) groups is 1. The highest BCUT2D eigenvalue weighted by Crippen LogP contribution is 2.16. The van der Waals surface area contributed by atoms with Gasteiger partial charge in [0.2, 0.25) is 5.91 Å². The van der Waals surface area contributed by atoms with Gasteiger partial charge < -0.3 is 4.90 Å². The lowest BCUT2D eigenvalue weighted by molar-refractivity contribution is -0.129. The third-order valence-corrected chi connectivity index (χ3v) is 3.13. The first kappa shape index (κ1) is 12.5. The van der Waals surface area contributed by atoms with Crippen molar-refractivity contribution < 1.29 is 4.79 Å². The molecule has 0 aromatic heterocycles. The van der Waals surface area contributed by atoms with E-state index < -0.39 is 0 Å². The molecule has 0 spiro atoms. The van der Waals surface area contributed by atoms with Crippen molar-refractivity contribution in [3.63, 3.8) is 0 Å². The van der Waals surface area contributed by atoms with Crippen molar-refractivity contribution in [3.8, 4) is 0 Å². The number of amides is 1. The highest BCUT2D eigenvalue weighted by atomic mass is 16.2. The molecule has 3 heteroatoms. The van der Waals surface area contributed by atoms with Crippen molar-refractivity contribution in [1.29, 1.82) is 0 Å². The molecule has 88 valence electrons. The molecule has 2 unspecified atom stereocenters. The molecule has 1 N–H and O–H groups in total. The van der Waals surface area contributed by atoms with Crippen LogP contribution in [0.3, 0.4) is 0 Å². The smallest absolute Gasteiger partial charge is 0.238 e. The van der Waals surface area contributed by atoms with E-state index in [1.165, 1.54) is 12.8 Å². The van der Waals surface area contributed by atoms with Crippen LogP contribution in [-0.4, -0.2) is 29.6 Å². The fourth-order valence-electron chi connectivity index (χ4n) is 2.23. The third kappa shape index (κ3) is 3.49. The maximum atomic E-state index is 11.6. The van der Waals surface area contributed by atoms with Gasteiger partial charge >= 0.3 is 0 Å². The molecule has 2 atom stereocenters. The van der Waals surface area contributed by atoms with Crippen LogP contribution in [0.5, 0.6) is 0 Å². The Hall–Kier alpha value is -0.570. The second kappa shape index (κ2) is 5.50. The molecule has 1 rings (SSSR count). The summed E-state index contributed by atoms with van der Waals surface area (Å²) in [5, 5.41) is 3.18. The Bertz CT molecular complexity index is 216. The van der Waals surface area contributed by atoms with E-state index in [9.17, 15) is 4.79 Å². The van der Waals surface area contributed by atoms with Gasteiger partial charge in [-0.15, -0.1) is 0 Å². The lowest BCUT2D eigenvalue weighted by Gasteiger charge is -2.28. The lowest BCUT2D eigenvalue weighted by atomic mass is 10.0. The van der Waals surface area contributed by atoms with Crippen LogP contribution in [0.2, 0.25) is 0 Å². The number of rotatable bonds is 5. The summed E-state index contributed by atoms with van der Waals surface area (Å²) >= 11 is 0. The Balaban J connectivity index is 2.32. The molecule has 0 radical (unpaired) electrons. The average molecular weight is 212 g/mol. The number of nitrogens with one attached hydrogen (secondary N) is 1. The molecule has 0 aromatic rings. The average Bonchev–Trinajstić information content (AvgIpc) is 2.45. The normalized spacial score (nSPS) is 23.9. The number of hydrogen-bond donors (Lipinski definition) is 1. The van der Waals surface area contributed by atoms with Gasteiger partial charge in [0.15, 0.2) is 0 Å². The van der Waals surface area contributed by atoms with E-state index >= 15 is 0 Å². The quantitative estimate of drug-likeness (QED) is 0.755. The Morgan fingerprint density at radius 1 is 1.40 bits per heavy atom. The fourth-order valence-corrected chi connectivity index (χ4v) is 2.23. The maximum absolute atomic E-state index is 11.6. The summed E-state index contributed by atoms with van der Waals surface area (Å²) in [6.07, 6.45) is 3.81. The van der Waals surface area contributed by atoms with Crippen molar-refractivity contribution in [3.05, 3.63) is 0 Å². The highest BCUT2D eigenvalue weighted by molar-refractivity contribution is 5.80. The maximum Gasteiger partial charge on any atom is 0.238 e. The van der Waals surface area contributed by atoms with Crippen molar-refractivity contribution in [2.24, 2.45) is 5.92 Å². The van der Waals surface area contributed by atoms with Gasteiger partial charge in [-0.25, -0.2) is 0 Å². The monoisotopic (exact) mass is 212 g/mol. The molecule has 1 heterocycles. The Kier molecular flexibility index (Phi) is 4.58. The van der Waals surface area contributed by atoms with Gasteiger partial charge in [-0.2, -0.15) is 0 Å². The largest absolute Gasteiger partial charge is 0.324 e. The van der Waals surface area contributed by atoms with Crippen LogP contribution in [0, 0.1) is 5.92 Å². The van der Waals surface area contributed by atoms with Gasteiger partial charge in [0.1, 0.15) is 0 Å². The summed E-state index contributed by atoms with van der Waals surface area (Å²) in [5.41, 5.74) is 0. The van der Waals surface area contributed by atoms with Gasteiger partial charge in [0, 0.05) is 6.04 Å². The summed E-state index contributed by atoms with van der Waals surface area (Å²) < 4.78 is 0. The molecule has 1 aliphatic heterocycles. The fraction of sp³-hybridized carbons (Fsp3) is 0.917. The topological polar surface area (TPSA) is 32.3 Å². The third-order valence-electron chi connectivity index (χ3n) is 3.13. The zero-order chi connectivity index (χ0) is 11.4. The van der Waals surface area contributed by atoms with Crippen LogP contribution in [0.25, 0.3) is 0 Å². The van der Waals surface area contributed by atoms with E-state index in [-0.39, 0.29) is 12.1 Å². The van der Waals surface area contributed by atoms with Gasteiger partial charge in [-0.3, -0.25) is 10.1 Å². The molecule has 0 saturated carbocycles. The molecule has 1 fully saturated rings. The summed E-state index contributed by atoms with van der Waals surface area (Å²) in [4.78, 5) is 13.6. The predicted octanol–water partition coefficient (Wildman–Crippen LogP) is 1.98. The predicted molar refractivity (Wildman–Crippen MR) is 62.5 cm³/mol. The molecule has 1 saturated heterocycles. The molecule has 0 aromatic carbocycles.